The van der Waals surface area contributed by atoms with Crippen molar-refractivity contribution in [2.24, 2.45) is 0 Å². The van der Waals surface area contributed by atoms with E-state index >= 15 is 0 Å². The lowest BCUT2D eigenvalue weighted by Gasteiger charge is -2.27. The van der Waals surface area contributed by atoms with Crippen molar-refractivity contribution >= 4 is 7.32 Å². The molecule has 0 heterocycles. The third-order valence-electron chi connectivity index (χ3n) is 1.59. The van der Waals surface area contributed by atoms with Gasteiger partial charge in [0.2, 0.25) is 0 Å². The first kappa shape index (κ1) is 10.7. The molecule has 0 aromatic heterocycles. The van der Waals surface area contributed by atoms with Gasteiger partial charge in [-0.05, 0) is 12.1 Å². The smallest absolute Gasteiger partial charge is 0.162 e. The Hall–Kier alpha value is -1.40. The Bertz CT molecular complexity index is 302. The van der Waals surface area contributed by atoms with Gasteiger partial charge in [-0.25, -0.2) is 0 Å². The summed E-state index contributed by atoms with van der Waals surface area (Å²) in [6.45, 7) is 0. The molecule has 0 aliphatic carbocycles. The Labute approximate surface area is 82.0 Å². The molecule has 0 saturated heterocycles. The molecule has 1 aromatic rings. The molecule has 5 nitrogen and oxygen atoms in total. The van der Waals surface area contributed by atoms with Crippen LogP contribution in [0.25, 0.3) is 0 Å². The van der Waals surface area contributed by atoms with E-state index in [4.69, 9.17) is 9.47 Å². The van der Waals surface area contributed by atoms with E-state index in [9.17, 15) is 10.0 Å². The van der Waals surface area contributed by atoms with E-state index in [0.29, 0.717) is 11.5 Å². The fourth-order valence-corrected chi connectivity index (χ4v) is 0.976. The molecule has 6 heteroatoms. The summed E-state index contributed by atoms with van der Waals surface area (Å²) in [7, 11) is 0.545. The Balaban J connectivity index is 2.93. The molecule has 0 aliphatic rings. The van der Waals surface area contributed by atoms with Crippen LogP contribution in [0.2, 0.25) is 0 Å². The van der Waals surface area contributed by atoms with Gasteiger partial charge in [-0.2, -0.15) is 0 Å². The third kappa shape index (κ3) is 2.55. The summed E-state index contributed by atoms with van der Waals surface area (Å²) in [4.78, 5) is 0. The molecule has 0 saturated carbocycles. The lowest BCUT2D eigenvalue weighted by molar-refractivity contribution is -0.372. The maximum Gasteiger partial charge on any atom is 0.162 e. The number of benzene rings is 1. The van der Waals surface area contributed by atoms with Gasteiger partial charge in [-0.15, -0.1) is 0 Å². The zero-order valence-electron chi connectivity index (χ0n) is 7.85. The summed E-state index contributed by atoms with van der Waals surface area (Å²) in [5.74, 6) is 0.965. The first-order chi connectivity index (χ1) is 6.67. The van der Waals surface area contributed by atoms with Crippen molar-refractivity contribution in [2.45, 2.75) is 0 Å². The Morgan fingerprint density at radius 1 is 1.07 bits per heavy atom. The molecular weight excluding hydrogens is 187 g/mol. The van der Waals surface area contributed by atoms with Crippen molar-refractivity contribution < 1.29 is 24.2 Å². The van der Waals surface area contributed by atoms with Crippen LogP contribution in [-0.4, -0.2) is 21.5 Å². The van der Waals surface area contributed by atoms with Crippen molar-refractivity contribution in [3.8, 4) is 17.2 Å². The molecule has 0 atom stereocenters. The van der Waals surface area contributed by atoms with E-state index in [1.807, 2.05) is 0 Å². The second-order valence-corrected chi connectivity index (χ2v) is 2.42. The highest BCUT2D eigenvalue weighted by molar-refractivity contribution is 6.29. The maximum atomic E-state index is 10.3. The first-order valence-corrected chi connectivity index (χ1v) is 3.87. The fourth-order valence-electron chi connectivity index (χ4n) is 0.976. The SMILES string of the molecule is COc1ccc(OB([O-])[O-])c(OC)c1. The van der Waals surface area contributed by atoms with E-state index in [0.717, 1.165) is 0 Å². The lowest BCUT2D eigenvalue weighted by atomic mass is 10.2. The van der Waals surface area contributed by atoms with Gasteiger partial charge in [0.15, 0.2) is 5.75 Å². The summed E-state index contributed by atoms with van der Waals surface area (Å²) < 4.78 is 14.3. The normalized spacial score (nSPS) is 9.43. The van der Waals surface area contributed by atoms with E-state index in [-0.39, 0.29) is 5.75 Å². The standard InChI is InChI=1S/C8H9BO5/c1-12-6-3-4-7(14-9(10)11)8(5-6)13-2/h3-5H,1-2H3/q-2. The predicted molar refractivity (Wildman–Crippen MR) is 45.9 cm³/mol. The maximum absolute atomic E-state index is 10.3. The topological polar surface area (TPSA) is 73.8 Å². The molecule has 14 heavy (non-hydrogen) atoms. The van der Waals surface area contributed by atoms with Crippen molar-refractivity contribution in [2.75, 3.05) is 14.2 Å². The number of ether oxygens (including phenoxy) is 2. The Kier molecular flexibility index (Phi) is 3.61. The molecule has 0 fully saturated rings. The minimum Gasteiger partial charge on any atom is -0.860 e. The number of hydrogen-bond acceptors (Lipinski definition) is 5. The van der Waals surface area contributed by atoms with E-state index < -0.39 is 7.32 Å². The van der Waals surface area contributed by atoms with Crippen molar-refractivity contribution in [3.63, 3.8) is 0 Å². The van der Waals surface area contributed by atoms with Crippen LogP contribution in [0.5, 0.6) is 17.2 Å². The van der Waals surface area contributed by atoms with Gasteiger partial charge in [0.05, 0.1) is 14.2 Å². The van der Waals surface area contributed by atoms with Crippen LogP contribution in [0.3, 0.4) is 0 Å². The largest absolute Gasteiger partial charge is 0.860 e. The summed E-state index contributed by atoms with van der Waals surface area (Å²) in [6, 6.07) is 4.54. The average Bonchev–Trinajstić information content (AvgIpc) is 2.17. The first-order valence-electron chi connectivity index (χ1n) is 3.87. The minimum atomic E-state index is -2.36. The minimum absolute atomic E-state index is 0.114. The van der Waals surface area contributed by atoms with Crippen LogP contribution in [0.4, 0.5) is 0 Å². The van der Waals surface area contributed by atoms with Gasteiger partial charge in [0, 0.05) is 6.07 Å². The summed E-state index contributed by atoms with van der Waals surface area (Å²) in [6.07, 6.45) is 0. The second kappa shape index (κ2) is 4.73. The Morgan fingerprint density at radius 3 is 2.29 bits per heavy atom. The fraction of sp³-hybridized carbons (Fsp3) is 0.250. The molecular formula is C8H9BO5-2. The van der Waals surface area contributed by atoms with Crippen LogP contribution in [0.15, 0.2) is 18.2 Å². The zero-order valence-corrected chi connectivity index (χ0v) is 7.85. The molecule has 0 radical (unpaired) electrons. The van der Waals surface area contributed by atoms with Gasteiger partial charge in [-0.1, -0.05) is 0 Å². The summed E-state index contributed by atoms with van der Waals surface area (Å²) in [5, 5.41) is 20.5. The molecule has 76 valence electrons. The molecule has 0 bridgehead atoms. The molecule has 1 aromatic carbocycles. The number of methoxy groups -OCH3 is 2. The van der Waals surface area contributed by atoms with Gasteiger partial charge in [0.25, 0.3) is 0 Å². The molecule has 0 amide bonds. The number of rotatable bonds is 4. The van der Waals surface area contributed by atoms with Crippen molar-refractivity contribution in [1.29, 1.82) is 0 Å². The monoisotopic (exact) mass is 196 g/mol. The predicted octanol–water partition coefficient (Wildman–Crippen LogP) is -1.21. The second-order valence-electron chi connectivity index (χ2n) is 2.42. The molecule has 0 spiro atoms. The molecule has 0 N–H and O–H groups in total. The molecule has 0 unspecified atom stereocenters. The third-order valence-corrected chi connectivity index (χ3v) is 1.59. The van der Waals surface area contributed by atoms with Crippen LogP contribution < -0.4 is 24.2 Å². The summed E-state index contributed by atoms with van der Waals surface area (Å²) in [5.41, 5.74) is 0. The highest BCUT2D eigenvalue weighted by atomic mass is 16.6. The lowest BCUT2D eigenvalue weighted by Crippen LogP contribution is -2.50. The zero-order chi connectivity index (χ0) is 10.6. The van der Waals surface area contributed by atoms with Crippen LogP contribution in [-0.2, 0) is 0 Å². The molecule has 0 aliphatic heterocycles. The van der Waals surface area contributed by atoms with E-state index in [2.05, 4.69) is 4.65 Å². The Morgan fingerprint density at radius 2 is 1.79 bits per heavy atom. The average molecular weight is 196 g/mol. The van der Waals surface area contributed by atoms with E-state index in [1.54, 1.807) is 6.07 Å². The van der Waals surface area contributed by atoms with Crippen LogP contribution in [0.1, 0.15) is 0 Å². The highest BCUT2D eigenvalue weighted by Crippen LogP contribution is 2.30. The van der Waals surface area contributed by atoms with Crippen LogP contribution in [0, 0.1) is 0 Å². The quantitative estimate of drug-likeness (QED) is 0.564. The summed E-state index contributed by atoms with van der Waals surface area (Å²) >= 11 is 0. The van der Waals surface area contributed by atoms with Gasteiger partial charge in [0.1, 0.15) is 18.8 Å². The molecule has 1 rings (SSSR count). The van der Waals surface area contributed by atoms with Gasteiger partial charge in [-0.3, -0.25) is 0 Å². The van der Waals surface area contributed by atoms with Crippen molar-refractivity contribution in [3.05, 3.63) is 18.2 Å². The van der Waals surface area contributed by atoms with E-state index in [1.165, 1.54) is 26.4 Å². The van der Waals surface area contributed by atoms with Gasteiger partial charge < -0.3 is 24.2 Å². The van der Waals surface area contributed by atoms with Gasteiger partial charge >= 0.3 is 0 Å². The van der Waals surface area contributed by atoms with Crippen molar-refractivity contribution in [1.82, 2.24) is 0 Å². The highest BCUT2D eigenvalue weighted by Gasteiger charge is 2.04. The van der Waals surface area contributed by atoms with Crippen LogP contribution >= 0.6 is 0 Å². The number of hydrogen-bond donors (Lipinski definition) is 0.